The van der Waals surface area contributed by atoms with Crippen LogP contribution in [0.2, 0.25) is 0 Å². The normalized spacial score (nSPS) is 18.9. The van der Waals surface area contributed by atoms with E-state index in [1.807, 2.05) is 6.20 Å². The molecule has 2 aromatic heterocycles. The van der Waals surface area contributed by atoms with Gasteiger partial charge in [-0.05, 0) is 44.5 Å². The molecule has 1 aliphatic rings. The second-order valence-corrected chi connectivity index (χ2v) is 4.83. The number of rotatable bonds is 1. The van der Waals surface area contributed by atoms with Gasteiger partial charge in [-0.15, -0.1) is 0 Å². The van der Waals surface area contributed by atoms with Gasteiger partial charge in [0.05, 0.1) is 11.9 Å². The van der Waals surface area contributed by atoms with Gasteiger partial charge in [0.2, 0.25) is 0 Å². The van der Waals surface area contributed by atoms with Crippen LogP contribution in [0, 0.1) is 0 Å². The van der Waals surface area contributed by atoms with E-state index in [4.69, 9.17) is 5.73 Å². The van der Waals surface area contributed by atoms with Crippen molar-refractivity contribution in [1.82, 2.24) is 19.5 Å². The zero-order chi connectivity index (χ0) is 11.8. The monoisotopic (exact) mass is 231 g/mol. The van der Waals surface area contributed by atoms with Crippen molar-refractivity contribution >= 4 is 11.3 Å². The minimum atomic E-state index is 0.605. The molecule has 5 nitrogen and oxygen atoms in total. The van der Waals surface area contributed by atoms with E-state index in [-0.39, 0.29) is 0 Å². The van der Waals surface area contributed by atoms with E-state index in [1.165, 1.54) is 18.4 Å². The summed E-state index contributed by atoms with van der Waals surface area (Å²) in [4.78, 5) is 6.77. The molecule has 0 aromatic carbocycles. The first-order valence-corrected chi connectivity index (χ1v) is 6.01. The Labute approximate surface area is 100 Å². The number of aromatic nitrogens is 3. The van der Waals surface area contributed by atoms with Crippen molar-refractivity contribution in [3.05, 3.63) is 24.2 Å². The lowest BCUT2D eigenvalue weighted by atomic mass is 9.91. The van der Waals surface area contributed by atoms with Crippen molar-refractivity contribution in [2.45, 2.75) is 18.8 Å². The number of anilines is 1. The van der Waals surface area contributed by atoms with Gasteiger partial charge in [-0.25, -0.2) is 9.50 Å². The summed E-state index contributed by atoms with van der Waals surface area (Å²) in [6.45, 7) is 2.31. The fourth-order valence-electron chi connectivity index (χ4n) is 2.46. The Hall–Kier alpha value is -1.62. The smallest absolute Gasteiger partial charge is 0.178 e. The Kier molecular flexibility index (Phi) is 2.48. The molecule has 1 aliphatic heterocycles. The van der Waals surface area contributed by atoms with Crippen molar-refractivity contribution in [3.8, 4) is 0 Å². The van der Waals surface area contributed by atoms with E-state index in [9.17, 15) is 0 Å². The lowest BCUT2D eigenvalue weighted by Gasteiger charge is -2.28. The number of piperidine rings is 1. The molecule has 0 bridgehead atoms. The van der Waals surface area contributed by atoms with E-state index in [0.717, 1.165) is 18.7 Å². The van der Waals surface area contributed by atoms with Crippen LogP contribution in [-0.4, -0.2) is 39.6 Å². The summed E-state index contributed by atoms with van der Waals surface area (Å²) in [5.74, 6) is 0.605. The molecule has 0 saturated carbocycles. The summed E-state index contributed by atoms with van der Waals surface area (Å²) in [6, 6.07) is 0. The molecule has 3 rings (SSSR count). The summed E-state index contributed by atoms with van der Waals surface area (Å²) in [7, 11) is 2.17. The van der Waals surface area contributed by atoms with Crippen molar-refractivity contribution in [2.24, 2.45) is 0 Å². The molecule has 1 fully saturated rings. The maximum Gasteiger partial charge on any atom is 0.178 e. The van der Waals surface area contributed by atoms with Gasteiger partial charge in [0.1, 0.15) is 0 Å². The standard InChI is InChI=1S/C12H17N5/c1-16-4-2-9(3-5-16)10-6-14-12-11(13)7-15-17(12)8-10/h6-9H,2-5,13H2,1H3. The average molecular weight is 231 g/mol. The van der Waals surface area contributed by atoms with Crippen LogP contribution in [-0.2, 0) is 0 Å². The van der Waals surface area contributed by atoms with Gasteiger partial charge in [-0.1, -0.05) is 0 Å². The molecule has 2 N–H and O–H groups in total. The third-order valence-corrected chi connectivity index (χ3v) is 3.59. The van der Waals surface area contributed by atoms with Crippen LogP contribution in [0.25, 0.3) is 5.65 Å². The fourth-order valence-corrected chi connectivity index (χ4v) is 2.46. The summed E-state index contributed by atoms with van der Waals surface area (Å²) < 4.78 is 1.78. The minimum Gasteiger partial charge on any atom is -0.394 e. The Morgan fingerprint density at radius 2 is 2.06 bits per heavy atom. The molecule has 0 aliphatic carbocycles. The van der Waals surface area contributed by atoms with Crippen LogP contribution in [0.15, 0.2) is 18.6 Å². The largest absolute Gasteiger partial charge is 0.394 e. The van der Waals surface area contributed by atoms with Crippen molar-refractivity contribution < 1.29 is 0 Å². The molecule has 0 spiro atoms. The lowest BCUT2D eigenvalue weighted by Crippen LogP contribution is -2.29. The molecule has 0 radical (unpaired) electrons. The predicted octanol–water partition coefficient (Wildman–Crippen LogP) is 1.12. The van der Waals surface area contributed by atoms with Crippen molar-refractivity contribution in [3.63, 3.8) is 0 Å². The molecular weight excluding hydrogens is 214 g/mol. The van der Waals surface area contributed by atoms with Crippen LogP contribution in [0.1, 0.15) is 24.3 Å². The highest BCUT2D eigenvalue weighted by Crippen LogP contribution is 2.27. The Balaban J connectivity index is 1.90. The van der Waals surface area contributed by atoms with Crippen LogP contribution >= 0.6 is 0 Å². The van der Waals surface area contributed by atoms with Crippen LogP contribution in [0.4, 0.5) is 5.69 Å². The van der Waals surface area contributed by atoms with Gasteiger partial charge < -0.3 is 10.6 Å². The summed E-state index contributed by atoms with van der Waals surface area (Å²) in [6.07, 6.45) is 8.06. The van der Waals surface area contributed by atoms with Gasteiger partial charge in [0.25, 0.3) is 0 Å². The van der Waals surface area contributed by atoms with Gasteiger partial charge >= 0.3 is 0 Å². The molecule has 1 saturated heterocycles. The molecule has 0 unspecified atom stereocenters. The summed E-state index contributed by atoms with van der Waals surface area (Å²) in [5.41, 5.74) is 8.43. The van der Waals surface area contributed by atoms with Crippen LogP contribution < -0.4 is 5.73 Å². The number of nitrogen functional groups attached to an aromatic ring is 1. The van der Waals surface area contributed by atoms with E-state index in [2.05, 4.69) is 28.2 Å². The van der Waals surface area contributed by atoms with Crippen molar-refractivity contribution in [1.29, 1.82) is 0 Å². The maximum atomic E-state index is 5.77. The molecule has 5 heteroatoms. The Bertz CT molecular complexity index is 525. The first-order valence-electron chi connectivity index (χ1n) is 6.01. The minimum absolute atomic E-state index is 0.605. The second kappa shape index (κ2) is 4.00. The van der Waals surface area contributed by atoms with E-state index >= 15 is 0 Å². The average Bonchev–Trinajstić information content (AvgIpc) is 2.72. The lowest BCUT2D eigenvalue weighted by molar-refractivity contribution is 0.255. The molecule has 0 atom stereocenters. The third kappa shape index (κ3) is 1.86. The van der Waals surface area contributed by atoms with E-state index in [1.54, 1.807) is 10.7 Å². The second-order valence-electron chi connectivity index (χ2n) is 4.83. The quantitative estimate of drug-likeness (QED) is 0.799. The number of hydrogen-bond acceptors (Lipinski definition) is 4. The number of likely N-dealkylation sites (tertiary alicyclic amines) is 1. The molecule has 3 heterocycles. The van der Waals surface area contributed by atoms with E-state index < -0.39 is 0 Å². The first-order chi connectivity index (χ1) is 8.24. The zero-order valence-corrected chi connectivity index (χ0v) is 10.0. The third-order valence-electron chi connectivity index (χ3n) is 3.59. The molecule has 2 aromatic rings. The molecule has 90 valence electrons. The highest BCUT2D eigenvalue weighted by atomic mass is 15.2. The fraction of sp³-hybridized carbons (Fsp3) is 0.500. The highest BCUT2D eigenvalue weighted by Gasteiger charge is 2.19. The topological polar surface area (TPSA) is 59.5 Å². The Morgan fingerprint density at radius 1 is 1.29 bits per heavy atom. The predicted molar refractivity (Wildman–Crippen MR) is 66.9 cm³/mol. The van der Waals surface area contributed by atoms with E-state index in [0.29, 0.717) is 11.6 Å². The summed E-state index contributed by atoms with van der Waals surface area (Å²) >= 11 is 0. The van der Waals surface area contributed by atoms with Gasteiger partial charge in [-0.3, -0.25) is 0 Å². The number of nitrogens with zero attached hydrogens (tertiary/aromatic N) is 4. The summed E-state index contributed by atoms with van der Waals surface area (Å²) in [5, 5.41) is 4.21. The van der Waals surface area contributed by atoms with Gasteiger partial charge in [0.15, 0.2) is 5.65 Å². The zero-order valence-electron chi connectivity index (χ0n) is 10.0. The molecule has 0 amide bonds. The molecular formula is C12H17N5. The first kappa shape index (κ1) is 10.5. The molecule has 17 heavy (non-hydrogen) atoms. The number of nitrogens with two attached hydrogens (primary N) is 1. The van der Waals surface area contributed by atoms with Crippen LogP contribution in [0.3, 0.4) is 0 Å². The van der Waals surface area contributed by atoms with Crippen molar-refractivity contribution in [2.75, 3.05) is 25.9 Å². The highest BCUT2D eigenvalue weighted by molar-refractivity contribution is 5.62. The maximum absolute atomic E-state index is 5.77. The number of fused-ring (bicyclic) bond motifs is 1. The van der Waals surface area contributed by atoms with Crippen LogP contribution in [0.5, 0.6) is 0 Å². The van der Waals surface area contributed by atoms with Gasteiger partial charge in [0, 0.05) is 12.4 Å². The Morgan fingerprint density at radius 3 is 2.82 bits per heavy atom. The van der Waals surface area contributed by atoms with Gasteiger partial charge in [-0.2, -0.15) is 5.10 Å². The number of hydrogen-bond donors (Lipinski definition) is 1. The SMILES string of the molecule is CN1CCC(c2cnc3c(N)cnn3c2)CC1.